The van der Waals surface area contributed by atoms with Crippen LogP contribution in [0, 0.1) is 0 Å². The topological polar surface area (TPSA) is 41.5 Å². The number of halogens is 1. The van der Waals surface area contributed by atoms with Gasteiger partial charge in [0.1, 0.15) is 0 Å². The Morgan fingerprint density at radius 2 is 2.37 bits per heavy atom. The summed E-state index contributed by atoms with van der Waals surface area (Å²) in [5, 5.41) is 5.78. The molecule has 19 heavy (non-hydrogen) atoms. The number of nitrogens with zero attached hydrogens (tertiary/aromatic N) is 1. The second-order valence-electron chi connectivity index (χ2n) is 3.89. The number of hydrogen-bond acceptors (Lipinski definition) is 4. The number of aryl methyl sites for hydroxylation is 1. The largest absolute Gasteiger partial charge is 0.272 e. The van der Waals surface area contributed by atoms with Crippen molar-refractivity contribution < 1.29 is 4.79 Å². The maximum absolute atomic E-state index is 11.8. The van der Waals surface area contributed by atoms with Crippen LogP contribution in [-0.2, 0) is 6.42 Å². The maximum Gasteiger partial charge on any atom is 0.272 e. The fraction of sp³-hybridized carbons (Fsp3) is 0.231. The number of nitrogens with one attached hydrogen (secondary N) is 1. The molecule has 2 aromatic heterocycles. The number of carbonyl (C=O) groups excluding carboxylic acids is 1. The Hall–Kier alpha value is -1.17. The van der Waals surface area contributed by atoms with Crippen LogP contribution in [0.25, 0.3) is 0 Å². The number of hydrazone groups is 1. The lowest BCUT2D eigenvalue weighted by atomic mass is 10.2. The average molecular weight is 313 g/mol. The molecule has 0 saturated carbocycles. The molecule has 0 fully saturated rings. The molecule has 0 saturated heterocycles. The molecule has 0 spiro atoms. The van der Waals surface area contributed by atoms with Crippen molar-refractivity contribution in [3.05, 3.63) is 43.2 Å². The number of amides is 1. The second kappa shape index (κ2) is 6.84. The van der Waals surface area contributed by atoms with Gasteiger partial charge in [-0.2, -0.15) is 5.10 Å². The zero-order chi connectivity index (χ0) is 13.7. The molecule has 2 heterocycles. The van der Waals surface area contributed by atoms with Crippen LogP contribution in [-0.4, -0.2) is 12.1 Å². The molecule has 0 radical (unpaired) electrons. The highest BCUT2D eigenvalue weighted by atomic mass is 35.5. The van der Waals surface area contributed by atoms with E-state index in [4.69, 9.17) is 11.6 Å². The molecule has 2 aromatic rings. The van der Waals surface area contributed by atoms with Gasteiger partial charge in [0.05, 0.1) is 16.1 Å². The van der Waals surface area contributed by atoms with Crippen LogP contribution in [0.2, 0.25) is 4.34 Å². The van der Waals surface area contributed by atoms with Crippen LogP contribution >= 0.6 is 34.3 Å². The van der Waals surface area contributed by atoms with Crippen LogP contribution in [0.3, 0.4) is 0 Å². The molecule has 100 valence electrons. The lowest BCUT2D eigenvalue weighted by molar-refractivity contribution is 0.0955. The minimum atomic E-state index is -0.183. The van der Waals surface area contributed by atoms with Gasteiger partial charge in [0.2, 0.25) is 0 Å². The molecular formula is C13H13ClN2OS2. The number of carbonyl (C=O) groups is 1. The van der Waals surface area contributed by atoms with Crippen molar-refractivity contribution >= 4 is 46.4 Å². The van der Waals surface area contributed by atoms with Crippen LogP contribution in [0.5, 0.6) is 0 Å². The molecule has 0 aromatic carbocycles. The van der Waals surface area contributed by atoms with Crippen molar-refractivity contribution in [1.82, 2.24) is 5.43 Å². The Morgan fingerprint density at radius 1 is 1.53 bits per heavy atom. The highest BCUT2D eigenvalue weighted by Gasteiger charge is 2.07. The third-order valence-corrected chi connectivity index (χ3v) is 4.53. The van der Waals surface area contributed by atoms with E-state index in [1.165, 1.54) is 16.2 Å². The fourth-order valence-electron chi connectivity index (χ4n) is 1.49. The van der Waals surface area contributed by atoms with E-state index in [9.17, 15) is 4.79 Å². The summed E-state index contributed by atoms with van der Waals surface area (Å²) in [6.07, 6.45) is 3.68. The second-order valence-corrected chi connectivity index (χ2v) is 6.64. The first-order valence-corrected chi connectivity index (χ1v) is 7.92. The highest BCUT2D eigenvalue weighted by molar-refractivity contribution is 7.17. The Balaban J connectivity index is 1.91. The molecule has 0 unspecified atom stereocenters. The summed E-state index contributed by atoms with van der Waals surface area (Å²) in [7, 11) is 0. The van der Waals surface area contributed by atoms with E-state index in [0.717, 1.165) is 17.7 Å². The van der Waals surface area contributed by atoms with Crippen molar-refractivity contribution in [2.75, 3.05) is 0 Å². The van der Waals surface area contributed by atoms with Crippen molar-refractivity contribution in [2.45, 2.75) is 19.8 Å². The van der Waals surface area contributed by atoms with E-state index in [1.807, 2.05) is 17.5 Å². The van der Waals surface area contributed by atoms with E-state index < -0.39 is 0 Å². The fourth-order valence-corrected chi connectivity index (χ4v) is 3.40. The van der Waals surface area contributed by atoms with Gasteiger partial charge in [-0.3, -0.25) is 4.79 Å². The Kier molecular flexibility index (Phi) is 5.13. The van der Waals surface area contributed by atoms with Crippen molar-refractivity contribution in [1.29, 1.82) is 0 Å². The first-order chi connectivity index (χ1) is 9.19. The van der Waals surface area contributed by atoms with Gasteiger partial charge in [0, 0.05) is 15.1 Å². The molecule has 1 amide bonds. The Labute approximate surface area is 124 Å². The molecule has 0 aliphatic carbocycles. The molecule has 3 nitrogen and oxygen atoms in total. The lowest BCUT2D eigenvalue weighted by Crippen LogP contribution is -2.16. The highest BCUT2D eigenvalue weighted by Crippen LogP contribution is 2.19. The van der Waals surface area contributed by atoms with Gasteiger partial charge in [0.15, 0.2) is 0 Å². The Morgan fingerprint density at radius 3 is 3.05 bits per heavy atom. The quantitative estimate of drug-likeness (QED) is 0.653. The van der Waals surface area contributed by atoms with E-state index in [0.29, 0.717) is 9.90 Å². The zero-order valence-electron chi connectivity index (χ0n) is 10.4. The predicted octanol–water partition coefficient (Wildman–Crippen LogP) is 4.18. The van der Waals surface area contributed by atoms with Crippen LogP contribution < -0.4 is 5.43 Å². The summed E-state index contributed by atoms with van der Waals surface area (Å²) in [5.74, 6) is -0.183. The number of rotatable bonds is 5. The third kappa shape index (κ3) is 4.16. The van der Waals surface area contributed by atoms with Crippen molar-refractivity contribution in [3.8, 4) is 0 Å². The molecule has 0 aliphatic heterocycles. The van der Waals surface area contributed by atoms with Crippen LogP contribution in [0.15, 0.2) is 28.7 Å². The Bertz CT molecular complexity index is 589. The predicted molar refractivity (Wildman–Crippen MR) is 82.7 cm³/mol. The smallest absolute Gasteiger partial charge is 0.267 e. The van der Waals surface area contributed by atoms with E-state index in [2.05, 4.69) is 17.5 Å². The molecule has 1 N–H and O–H groups in total. The summed E-state index contributed by atoms with van der Waals surface area (Å²) < 4.78 is 0.704. The van der Waals surface area contributed by atoms with Gasteiger partial charge in [0.25, 0.3) is 5.91 Å². The van der Waals surface area contributed by atoms with Crippen molar-refractivity contribution in [3.63, 3.8) is 0 Å². The van der Waals surface area contributed by atoms with E-state index in [1.54, 1.807) is 23.6 Å². The standard InChI is InChI=1S/C13H13ClN2OS2/c1-2-3-10-6-9(8-18-10)13(17)16-15-7-11-4-5-12(14)19-11/h4-8H,2-3H2,1H3,(H,16,17)/b15-7-. The monoisotopic (exact) mass is 312 g/mol. The number of thiophene rings is 2. The van der Waals surface area contributed by atoms with Gasteiger partial charge in [-0.05, 0) is 24.6 Å². The minimum absolute atomic E-state index is 0.183. The van der Waals surface area contributed by atoms with Gasteiger partial charge in [-0.15, -0.1) is 22.7 Å². The molecule has 0 aliphatic rings. The maximum atomic E-state index is 11.8. The van der Waals surface area contributed by atoms with Gasteiger partial charge < -0.3 is 0 Å². The number of hydrogen-bond donors (Lipinski definition) is 1. The van der Waals surface area contributed by atoms with E-state index >= 15 is 0 Å². The first kappa shape index (κ1) is 14.2. The third-order valence-electron chi connectivity index (χ3n) is 2.36. The van der Waals surface area contributed by atoms with Gasteiger partial charge in [-0.25, -0.2) is 5.43 Å². The average Bonchev–Trinajstić information content (AvgIpc) is 2.99. The van der Waals surface area contributed by atoms with Gasteiger partial charge in [-0.1, -0.05) is 24.9 Å². The molecular weight excluding hydrogens is 300 g/mol. The summed E-state index contributed by atoms with van der Waals surface area (Å²) in [5.41, 5.74) is 3.17. The summed E-state index contributed by atoms with van der Waals surface area (Å²) in [6.45, 7) is 2.12. The lowest BCUT2D eigenvalue weighted by Gasteiger charge is -1.95. The van der Waals surface area contributed by atoms with Crippen LogP contribution in [0.4, 0.5) is 0 Å². The zero-order valence-corrected chi connectivity index (χ0v) is 12.7. The normalized spacial score (nSPS) is 11.1. The minimum Gasteiger partial charge on any atom is -0.267 e. The van der Waals surface area contributed by atoms with Gasteiger partial charge >= 0.3 is 0 Å². The molecule has 0 bridgehead atoms. The summed E-state index contributed by atoms with van der Waals surface area (Å²) >= 11 is 8.82. The SMILES string of the molecule is CCCc1cc(C(=O)N/N=C\c2ccc(Cl)s2)cs1. The van der Waals surface area contributed by atoms with Crippen LogP contribution in [0.1, 0.15) is 33.5 Å². The first-order valence-electron chi connectivity index (χ1n) is 5.85. The molecule has 0 atom stereocenters. The molecule has 2 rings (SSSR count). The summed E-state index contributed by atoms with van der Waals surface area (Å²) in [6, 6.07) is 5.57. The van der Waals surface area contributed by atoms with E-state index in [-0.39, 0.29) is 5.91 Å². The van der Waals surface area contributed by atoms with Crippen molar-refractivity contribution in [2.24, 2.45) is 5.10 Å². The molecule has 6 heteroatoms. The summed E-state index contributed by atoms with van der Waals surface area (Å²) in [4.78, 5) is 13.9.